The van der Waals surface area contributed by atoms with Crippen molar-refractivity contribution >= 4 is 11.4 Å². The summed E-state index contributed by atoms with van der Waals surface area (Å²) in [6, 6.07) is 5.69. The van der Waals surface area contributed by atoms with E-state index in [0.717, 1.165) is 37.7 Å². The van der Waals surface area contributed by atoms with E-state index in [1.54, 1.807) is 6.07 Å². The predicted octanol–water partition coefficient (Wildman–Crippen LogP) is 5.68. The van der Waals surface area contributed by atoms with Gasteiger partial charge in [0.1, 0.15) is 5.75 Å². The Kier molecular flexibility index (Phi) is 4.36. The van der Waals surface area contributed by atoms with Gasteiger partial charge >= 0.3 is 0 Å². The van der Waals surface area contributed by atoms with Crippen LogP contribution in [0.4, 0.5) is 0 Å². The molecule has 0 unspecified atom stereocenters. The van der Waals surface area contributed by atoms with Crippen LogP contribution in [-0.4, -0.2) is 10.9 Å². The van der Waals surface area contributed by atoms with E-state index < -0.39 is 0 Å². The Morgan fingerprint density at radius 3 is 2.58 bits per heavy atom. The number of carbonyl (C=O) groups is 1. The van der Waals surface area contributed by atoms with Gasteiger partial charge in [-0.05, 0) is 67.0 Å². The minimum atomic E-state index is -0.236. The van der Waals surface area contributed by atoms with Crippen LogP contribution >= 0.6 is 0 Å². The zero-order valence-corrected chi connectivity index (χ0v) is 15.5. The van der Waals surface area contributed by atoms with Crippen LogP contribution < -0.4 is 0 Å². The zero-order chi connectivity index (χ0) is 17.5. The molecule has 1 aromatic rings. The van der Waals surface area contributed by atoms with E-state index in [1.807, 2.05) is 19.1 Å². The van der Waals surface area contributed by atoms with Crippen molar-refractivity contribution in [2.45, 2.75) is 72.6 Å². The van der Waals surface area contributed by atoms with Crippen LogP contribution in [0.2, 0.25) is 0 Å². The minimum Gasteiger partial charge on any atom is -0.508 e. The van der Waals surface area contributed by atoms with Crippen molar-refractivity contribution in [2.75, 3.05) is 0 Å². The molecular weight excluding hydrogens is 296 g/mol. The number of phenolic OH excluding ortho intramolecular Hbond substituents is 1. The third kappa shape index (κ3) is 2.51. The molecule has 0 spiro atoms. The number of rotatable bonds is 5. The molecular formula is C22H30O2. The van der Waals surface area contributed by atoms with Gasteiger partial charge in [0, 0.05) is 10.8 Å². The molecule has 0 bridgehead atoms. The zero-order valence-electron chi connectivity index (χ0n) is 15.5. The van der Waals surface area contributed by atoms with Gasteiger partial charge in [-0.2, -0.15) is 0 Å². The molecule has 3 rings (SSSR count). The summed E-state index contributed by atoms with van der Waals surface area (Å²) in [6.07, 6.45) is 7.43. The molecule has 2 nitrogen and oxygen atoms in total. The molecule has 1 aromatic carbocycles. The average molecular weight is 326 g/mol. The number of Topliss-reactive ketones (excluding diaryl/α,β-unsaturated/α-hetero) is 1. The maximum atomic E-state index is 13.2. The lowest BCUT2D eigenvalue weighted by atomic mass is 9.57. The predicted molar refractivity (Wildman–Crippen MR) is 99.0 cm³/mol. The SMILES string of the molecule is CCCC[C@]12Cc3cc(O)ccc3C1=C(C)C(=O)[C@@](C)(CCC)C2. The molecule has 2 atom stereocenters. The number of unbranched alkanes of at least 4 members (excludes halogenated alkanes) is 1. The van der Waals surface area contributed by atoms with E-state index in [0.29, 0.717) is 11.5 Å². The summed E-state index contributed by atoms with van der Waals surface area (Å²) in [6.45, 7) is 8.62. The van der Waals surface area contributed by atoms with Gasteiger partial charge in [0.25, 0.3) is 0 Å². The van der Waals surface area contributed by atoms with Gasteiger partial charge in [0.05, 0.1) is 0 Å². The lowest BCUT2D eigenvalue weighted by Gasteiger charge is -2.45. The molecule has 2 heteroatoms. The highest BCUT2D eigenvalue weighted by molar-refractivity contribution is 6.09. The summed E-state index contributed by atoms with van der Waals surface area (Å²) < 4.78 is 0. The van der Waals surface area contributed by atoms with Crippen molar-refractivity contribution in [1.82, 2.24) is 0 Å². The summed E-state index contributed by atoms with van der Waals surface area (Å²) >= 11 is 0. The number of allylic oxidation sites excluding steroid dienone is 2. The quantitative estimate of drug-likeness (QED) is 0.756. The second-order valence-corrected chi connectivity index (χ2v) is 8.22. The van der Waals surface area contributed by atoms with Gasteiger partial charge in [-0.25, -0.2) is 0 Å². The number of aromatic hydroxyl groups is 1. The second kappa shape index (κ2) is 6.06. The Morgan fingerprint density at radius 1 is 1.17 bits per heavy atom. The van der Waals surface area contributed by atoms with Crippen LogP contribution in [0.1, 0.15) is 77.3 Å². The Morgan fingerprint density at radius 2 is 1.92 bits per heavy atom. The van der Waals surface area contributed by atoms with Crippen LogP contribution in [0.15, 0.2) is 23.8 Å². The minimum absolute atomic E-state index is 0.0774. The summed E-state index contributed by atoms with van der Waals surface area (Å²) in [5.74, 6) is 0.673. The maximum absolute atomic E-state index is 13.2. The molecule has 0 saturated heterocycles. The molecule has 1 N–H and O–H groups in total. The molecule has 0 saturated carbocycles. The summed E-state index contributed by atoms with van der Waals surface area (Å²) in [7, 11) is 0. The monoisotopic (exact) mass is 326 g/mol. The number of fused-ring (bicyclic) bond motifs is 3. The molecule has 0 aliphatic heterocycles. The van der Waals surface area contributed by atoms with Crippen LogP contribution in [0, 0.1) is 10.8 Å². The fourth-order valence-electron chi connectivity index (χ4n) is 5.42. The molecule has 0 amide bonds. The summed E-state index contributed by atoms with van der Waals surface area (Å²) in [5, 5.41) is 9.91. The lowest BCUT2D eigenvalue weighted by molar-refractivity contribution is -0.126. The maximum Gasteiger partial charge on any atom is 0.164 e. The van der Waals surface area contributed by atoms with Crippen molar-refractivity contribution in [1.29, 1.82) is 0 Å². The first-order valence-corrected chi connectivity index (χ1v) is 9.45. The number of benzene rings is 1. The number of carbonyl (C=O) groups excluding carboxylic acids is 1. The van der Waals surface area contributed by atoms with Crippen molar-refractivity contribution in [2.24, 2.45) is 10.8 Å². The number of hydrogen-bond donors (Lipinski definition) is 1. The normalized spacial score (nSPS) is 28.9. The van der Waals surface area contributed by atoms with Gasteiger partial charge in [0.2, 0.25) is 0 Å². The topological polar surface area (TPSA) is 37.3 Å². The fourth-order valence-corrected chi connectivity index (χ4v) is 5.42. The van der Waals surface area contributed by atoms with Crippen LogP contribution in [0.3, 0.4) is 0 Å². The first-order chi connectivity index (χ1) is 11.4. The lowest BCUT2D eigenvalue weighted by Crippen LogP contribution is -2.41. The van der Waals surface area contributed by atoms with Gasteiger partial charge < -0.3 is 5.11 Å². The van der Waals surface area contributed by atoms with E-state index in [1.165, 1.54) is 29.5 Å². The van der Waals surface area contributed by atoms with E-state index >= 15 is 0 Å². The number of phenols is 1. The Labute approximate surface area is 146 Å². The van der Waals surface area contributed by atoms with Crippen LogP contribution in [-0.2, 0) is 11.2 Å². The highest BCUT2D eigenvalue weighted by Gasteiger charge is 2.53. The van der Waals surface area contributed by atoms with Crippen molar-refractivity contribution in [3.05, 3.63) is 34.9 Å². The van der Waals surface area contributed by atoms with E-state index in [9.17, 15) is 9.90 Å². The van der Waals surface area contributed by atoms with Gasteiger partial charge in [-0.15, -0.1) is 0 Å². The van der Waals surface area contributed by atoms with Crippen molar-refractivity contribution < 1.29 is 9.90 Å². The smallest absolute Gasteiger partial charge is 0.164 e. The van der Waals surface area contributed by atoms with Gasteiger partial charge in [-0.3, -0.25) is 4.79 Å². The Balaban J connectivity index is 2.17. The molecule has 0 aromatic heterocycles. The standard InChI is InChI=1S/C22H30O2/c1-5-7-11-22-13-16-12-17(23)8-9-18(16)19(22)15(3)20(24)21(4,14-22)10-6-2/h8-9,12,23H,5-7,10-11,13-14H2,1-4H3/t21-,22+/m0/s1. The molecule has 2 aliphatic rings. The highest BCUT2D eigenvalue weighted by Crippen LogP contribution is 2.61. The third-order valence-corrected chi connectivity index (χ3v) is 6.22. The molecule has 0 radical (unpaired) electrons. The third-order valence-electron chi connectivity index (χ3n) is 6.22. The molecule has 0 fully saturated rings. The largest absolute Gasteiger partial charge is 0.508 e. The molecule has 2 aliphatic carbocycles. The molecule has 0 heterocycles. The summed E-state index contributed by atoms with van der Waals surface area (Å²) in [4.78, 5) is 13.2. The van der Waals surface area contributed by atoms with E-state index in [2.05, 4.69) is 20.8 Å². The van der Waals surface area contributed by atoms with Crippen molar-refractivity contribution in [3.8, 4) is 5.75 Å². The van der Waals surface area contributed by atoms with Crippen LogP contribution in [0.5, 0.6) is 5.75 Å². The Bertz CT molecular complexity index is 700. The van der Waals surface area contributed by atoms with Crippen LogP contribution in [0.25, 0.3) is 5.57 Å². The van der Waals surface area contributed by atoms with Gasteiger partial charge in [0.15, 0.2) is 5.78 Å². The van der Waals surface area contributed by atoms with E-state index in [-0.39, 0.29) is 10.8 Å². The van der Waals surface area contributed by atoms with Crippen molar-refractivity contribution in [3.63, 3.8) is 0 Å². The first-order valence-electron chi connectivity index (χ1n) is 9.45. The Hall–Kier alpha value is -1.57. The molecule has 130 valence electrons. The van der Waals surface area contributed by atoms with E-state index in [4.69, 9.17) is 0 Å². The highest BCUT2D eigenvalue weighted by atomic mass is 16.3. The average Bonchev–Trinajstić information content (AvgIpc) is 2.84. The molecule has 24 heavy (non-hydrogen) atoms. The second-order valence-electron chi connectivity index (χ2n) is 8.22. The first kappa shape index (κ1) is 17.3. The summed E-state index contributed by atoms with van der Waals surface area (Å²) in [5.41, 5.74) is 4.51. The fraction of sp³-hybridized carbons (Fsp3) is 0.591. The number of ketones is 1. The number of hydrogen-bond acceptors (Lipinski definition) is 2. The van der Waals surface area contributed by atoms with Gasteiger partial charge in [-0.1, -0.05) is 46.1 Å².